The normalized spacial score (nSPS) is 12.3. The van der Waals surface area contributed by atoms with Crippen LogP contribution in [0.25, 0.3) is 0 Å². The van der Waals surface area contributed by atoms with Crippen LogP contribution in [0.1, 0.15) is 39.6 Å². The maximum atomic E-state index is 11.7. The van der Waals surface area contributed by atoms with Crippen molar-refractivity contribution in [2.24, 2.45) is 0 Å². The van der Waals surface area contributed by atoms with Crippen molar-refractivity contribution in [3.05, 3.63) is 15.5 Å². The third-order valence-electron chi connectivity index (χ3n) is 2.21. The summed E-state index contributed by atoms with van der Waals surface area (Å²) in [6.07, 6.45) is 1.22. The largest absolute Gasteiger partial charge is 0.444 e. The Morgan fingerprint density at radius 3 is 2.55 bits per heavy atom. The van der Waals surface area contributed by atoms with E-state index in [4.69, 9.17) is 16.3 Å². The zero-order valence-corrected chi connectivity index (χ0v) is 14.1. The summed E-state index contributed by atoms with van der Waals surface area (Å²) in [5.74, 6) is 0. The number of carbonyl (C=O) groups is 1. The van der Waals surface area contributed by atoms with Crippen molar-refractivity contribution < 1.29 is 9.53 Å². The van der Waals surface area contributed by atoms with Crippen molar-refractivity contribution in [1.29, 1.82) is 0 Å². The summed E-state index contributed by atoms with van der Waals surface area (Å²) in [7, 11) is 0. The van der Waals surface area contributed by atoms with Gasteiger partial charge in [0, 0.05) is 13.1 Å². The van der Waals surface area contributed by atoms with Gasteiger partial charge in [0.25, 0.3) is 0 Å². The first-order valence-electron chi connectivity index (χ1n) is 6.39. The van der Waals surface area contributed by atoms with Crippen LogP contribution in [0.15, 0.2) is 6.20 Å². The van der Waals surface area contributed by atoms with Crippen molar-refractivity contribution in [2.75, 3.05) is 6.54 Å². The summed E-state index contributed by atoms with van der Waals surface area (Å²) in [5.41, 5.74) is -0.908. The monoisotopic (exact) mass is 319 g/mol. The first-order chi connectivity index (χ1) is 9.07. The number of aromatic nitrogens is 1. The average molecular weight is 320 g/mol. The molecule has 1 rings (SSSR count). The lowest BCUT2D eigenvalue weighted by atomic mass is 10.1. The molecule has 0 bridgehead atoms. The van der Waals surface area contributed by atoms with E-state index in [0.717, 1.165) is 5.01 Å². The van der Waals surface area contributed by atoms with Crippen LogP contribution in [0, 0.1) is 0 Å². The lowest BCUT2D eigenvalue weighted by Crippen LogP contribution is -2.51. The lowest BCUT2D eigenvalue weighted by molar-refractivity contribution is 0.0472. The molecule has 1 aromatic rings. The van der Waals surface area contributed by atoms with E-state index in [1.54, 1.807) is 6.20 Å². The van der Waals surface area contributed by atoms with Gasteiger partial charge in [0.2, 0.25) is 0 Å². The Morgan fingerprint density at radius 2 is 2.05 bits per heavy atom. The summed E-state index contributed by atoms with van der Waals surface area (Å²) in [6, 6.07) is 0. The molecular weight excluding hydrogens is 298 g/mol. The predicted molar refractivity (Wildman–Crippen MR) is 82.3 cm³/mol. The highest BCUT2D eigenvalue weighted by atomic mass is 35.5. The first-order valence-corrected chi connectivity index (χ1v) is 7.59. The van der Waals surface area contributed by atoms with Crippen molar-refractivity contribution in [3.63, 3.8) is 0 Å². The molecule has 0 aliphatic carbocycles. The molecule has 0 aromatic carbocycles. The van der Waals surface area contributed by atoms with Crippen LogP contribution in [0.4, 0.5) is 4.79 Å². The number of carbonyl (C=O) groups excluding carboxylic acids is 1. The van der Waals surface area contributed by atoms with Crippen LogP contribution in [-0.2, 0) is 11.3 Å². The molecule has 114 valence electrons. The molecule has 7 heteroatoms. The smallest absolute Gasteiger partial charge is 0.408 e. The number of hydrogen-bond acceptors (Lipinski definition) is 5. The third-order valence-corrected chi connectivity index (χ3v) is 3.32. The maximum Gasteiger partial charge on any atom is 0.408 e. The van der Waals surface area contributed by atoms with E-state index >= 15 is 0 Å². The van der Waals surface area contributed by atoms with Crippen LogP contribution in [-0.4, -0.2) is 28.8 Å². The minimum atomic E-state index is -0.495. The SMILES string of the molecule is CC(C)(CNCc1ncc(Cl)s1)NC(=O)OC(C)(C)C. The van der Waals surface area contributed by atoms with E-state index in [1.807, 2.05) is 34.6 Å². The Balaban J connectivity index is 2.35. The molecule has 0 aliphatic rings. The summed E-state index contributed by atoms with van der Waals surface area (Å²) in [4.78, 5) is 15.9. The van der Waals surface area contributed by atoms with Gasteiger partial charge in [-0.2, -0.15) is 0 Å². The van der Waals surface area contributed by atoms with Gasteiger partial charge in [-0.05, 0) is 34.6 Å². The molecule has 0 saturated heterocycles. The number of ether oxygens (including phenoxy) is 1. The number of nitrogens with zero attached hydrogens (tertiary/aromatic N) is 1. The molecule has 0 atom stereocenters. The van der Waals surface area contributed by atoms with Gasteiger partial charge in [-0.25, -0.2) is 9.78 Å². The molecule has 0 fully saturated rings. The molecular formula is C13H22ClN3O2S. The Hall–Kier alpha value is -0.850. The summed E-state index contributed by atoms with van der Waals surface area (Å²) in [6.45, 7) is 10.6. The molecule has 0 aliphatic heterocycles. The number of nitrogens with one attached hydrogen (secondary N) is 2. The molecule has 1 heterocycles. The van der Waals surface area contributed by atoms with E-state index in [1.165, 1.54) is 11.3 Å². The molecule has 5 nitrogen and oxygen atoms in total. The van der Waals surface area contributed by atoms with Crippen LogP contribution < -0.4 is 10.6 Å². The van der Waals surface area contributed by atoms with E-state index in [9.17, 15) is 4.79 Å². The predicted octanol–water partition coefficient (Wildman–Crippen LogP) is 3.19. The van der Waals surface area contributed by atoms with Crippen LogP contribution in [0.5, 0.6) is 0 Å². The fraction of sp³-hybridized carbons (Fsp3) is 0.692. The number of amides is 1. The summed E-state index contributed by atoms with van der Waals surface area (Å²) >= 11 is 7.25. The standard InChI is InChI=1S/C13H22ClN3O2S/c1-12(2,3)19-11(18)17-13(4,5)8-15-7-10-16-6-9(14)20-10/h6,15H,7-8H2,1-5H3,(H,17,18). The van der Waals surface area contributed by atoms with Gasteiger partial charge in [0.15, 0.2) is 0 Å². The van der Waals surface area contributed by atoms with Gasteiger partial charge in [-0.15, -0.1) is 11.3 Å². The number of rotatable bonds is 5. The van der Waals surface area contributed by atoms with Gasteiger partial charge >= 0.3 is 6.09 Å². The molecule has 0 saturated carbocycles. The molecule has 1 amide bonds. The van der Waals surface area contributed by atoms with E-state index in [-0.39, 0.29) is 0 Å². The van der Waals surface area contributed by atoms with Crippen molar-refractivity contribution in [2.45, 2.75) is 52.3 Å². The number of thiazole rings is 1. The Kier molecular flexibility index (Phi) is 5.79. The van der Waals surface area contributed by atoms with Crippen molar-refractivity contribution >= 4 is 29.0 Å². The average Bonchev–Trinajstić information content (AvgIpc) is 2.59. The molecule has 2 N–H and O–H groups in total. The van der Waals surface area contributed by atoms with Crippen molar-refractivity contribution in [1.82, 2.24) is 15.6 Å². The van der Waals surface area contributed by atoms with Crippen molar-refractivity contribution in [3.8, 4) is 0 Å². The number of hydrogen-bond donors (Lipinski definition) is 2. The third kappa shape index (κ3) is 7.07. The second-order valence-electron chi connectivity index (χ2n) is 6.17. The number of halogens is 1. The minimum Gasteiger partial charge on any atom is -0.444 e. The maximum absolute atomic E-state index is 11.7. The molecule has 0 radical (unpaired) electrons. The quantitative estimate of drug-likeness (QED) is 0.875. The number of alkyl carbamates (subject to hydrolysis) is 1. The van der Waals surface area contributed by atoms with Crippen LogP contribution in [0.2, 0.25) is 4.34 Å². The fourth-order valence-corrected chi connectivity index (χ4v) is 2.40. The fourth-order valence-electron chi connectivity index (χ4n) is 1.48. The van der Waals surface area contributed by atoms with E-state index in [0.29, 0.717) is 17.4 Å². The Bertz CT molecular complexity index is 455. The van der Waals surface area contributed by atoms with Gasteiger partial charge in [-0.1, -0.05) is 11.6 Å². The van der Waals surface area contributed by atoms with Gasteiger partial charge in [0.05, 0.1) is 11.7 Å². The van der Waals surface area contributed by atoms with E-state index in [2.05, 4.69) is 15.6 Å². The molecule has 0 unspecified atom stereocenters. The van der Waals surface area contributed by atoms with Crippen LogP contribution >= 0.6 is 22.9 Å². The minimum absolute atomic E-state index is 0.413. The van der Waals surface area contributed by atoms with Gasteiger partial charge in [-0.3, -0.25) is 0 Å². The zero-order chi connectivity index (χ0) is 15.4. The highest BCUT2D eigenvalue weighted by Crippen LogP contribution is 2.18. The first kappa shape index (κ1) is 17.2. The highest BCUT2D eigenvalue weighted by Gasteiger charge is 2.24. The Morgan fingerprint density at radius 1 is 1.40 bits per heavy atom. The zero-order valence-electron chi connectivity index (χ0n) is 12.5. The summed E-state index contributed by atoms with van der Waals surface area (Å²) < 4.78 is 5.91. The van der Waals surface area contributed by atoms with Gasteiger partial charge in [0.1, 0.15) is 14.9 Å². The lowest BCUT2D eigenvalue weighted by Gasteiger charge is -2.28. The summed E-state index contributed by atoms with van der Waals surface area (Å²) in [5, 5.41) is 7.00. The topological polar surface area (TPSA) is 63.2 Å². The van der Waals surface area contributed by atoms with Crippen LogP contribution in [0.3, 0.4) is 0 Å². The van der Waals surface area contributed by atoms with E-state index < -0.39 is 17.2 Å². The molecule has 0 spiro atoms. The Labute approximate surface area is 129 Å². The molecule has 20 heavy (non-hydrogen) atoms. The van der Waals surface area contributed by atoms with Gasteiger partial charge < -0.3 is 15.4 Å². The molecule has 1 aromatic heterocycles. The second-order valence-corrected chi connectivity index (χ2v) is 7.92. The highest BCUT2D eigenvalue weighted by molar-refractivity contribution is 7.15. The second kappa shape index (κ2) is 6.74.